The van der Waals surface area contributed by atoms with E-state index in [0.717, 1.165) is 11.1 Å². The summed E-state index contributed by atoms with van der Waals surface area (Å²) in [5, 5.41) is 19.5. The molecule has 2 bridgehead atoms. The average molecular weight is 507 g/mol. The summed E-state index contributed by atoms with van der Waals surface area (Å²) >= 11 is 3.52. The van der Waals surface area contributed by atoms with Gasteiger partial charge in [0.15, 0.2) is 0 Å². The Hall–Kier alpha value is -2.23. The van der Waals surface area contributed by atoms with Crippen molar-refractivity contribution in [3.8, 4) is 0 Å². The quantitative estimate of drug-likeness (QED) is 0.430. The number of hydrogen-bond donors (Lipinski definition) is 2. The van der Waals surface area contributed by atoms with Crippen LogP contribution in [-0.4, -0.2) is 75.2 Å². The number of rotatable bonds is 7. The number of amides is 2. The number of hydrogen-bond acceptors (Lipinski definition) is 5. The molecule has 0 aliphatic carbocycles. The van der Waals surface area contributed by atoms with Crippen molar-refractivity contribution in [2.24, 2.45) is 11.8 Å². The molecule has 1 spiro atoms. The third-order valence-corrected chi connectivity index (χ3v) is 7.73. The van der Waals surface area contributed by atoms with Crippen LogP contribution < -0.4 is 4.90 Å². The molecule has 9 heteroatoms. The highest BCUT2D eigenvalue weighted by Gasteiger charge is 2.76. The zero-order chi connectivity index (χ0) is 23.4. The Balaban J connectivity index is 1.83. The number of carboxylic acid groups (broad SMARTS) is 1. The molecule has 0 radical (unpaired) electrons. The molecule has 1 aromatic carbocycles. The summed E-state index contributed by atoms with van der Waals surface area (Å²) in [6.07, 6.45) is 1.26. The largest absolute Gasteiger partial charge is 0.481 e. The average Bonchev–Trinajstić information content (AvgIpc) is 3.32. The van der Waals surface area contributed by atoms with Gasteiger partial charge in [0.2, 0.25) is 5.91 Å². The number of benzene rings is 1. The van der Waals surface area contributed by atoms with E-state index >= 15 is 0 Å². The van der Waals surface area contributed by atoms with Crippen LogP contribution in [0.3, 0.4) is 0 Å². The lowest BCUT2D eigenvalue weighted by Gasteiger charge is -2.37. The molecular weight excluding hydrogens is 480 g/mol. The summed E-state index contributed by atoms with van der Waals surface area (Å²) in [6, 6.07) is 4.74. The number of anilines is 1. The van der Waals surface area contributed by atoms with Crippen molar-refractivity contribution in [2.45, 2.75) is 42.8 Å². The minimum atomic E-state index is -1.26. The number of aliphatic carboxylic acids is 1. The fraction of sp³-hybridized carbons (Fsp3) is 0.522. The Morgan fingerprint density at radius 2 is 2.12 bits per heavy atom. The Kier molecular flexibility index (Phi) is 5.94. The van der Waals surface area contributed by atoms with Gasteiger partial charge in [0.25, 0.3) is 5.91 Å². The molecule has 172 valence electrons. The van der Waals surface area contributed by atoms with Crippen molar-refractivity contribution in [1.29, 1.82) is 0 Å². The Morgan fingerprint density at radius 1 is 1.41 bits per heavy atom. The van der Waals surface area contributed by atoms with Crippen LogP contribution in [0.1, 0.15) is 17.5 Å². The number of aryl methyl sites for hydroxylation is 2. The molecule has 8 nitrogen and oxygen atoms in total. The fourth-order valence-corrected chi connectivity index (χ4v) is 6.58. The van der Waals surface area contributed by atoms with Gasteiger partial charge in [-0.2, -0.15) is 0 Å². The number of β-amino-alcohol motifs (C(OH)–C–C–N with tert-alkyl or cyclic N) is 1. The van der Waals surface area contributed by atoms with Crippen molar-refractivity contribution >= 4 is 39.4 Å². The monoisotopic (exact) mass is 506 g/mol. The molecule has 3 aliphatic heterocycles. The molecule has 3 heterocycles. The molecular formula is C23H27BrN2O6. The number of aliphatic hydroxyl groups excluding tert-OH is 1. The number of carbonyl (C=O) groups excluding carboxylic acids is 2. The van der Waals surface area contributed by atoms with Crippen LogP contribution >= 0.6 is 15.9 Å². The molecule has 4 rings (SSSR count). The van der Waals surface area contributed by atoms with E-state index in [1.54, 1.807) is 11.0 Å². The molecule has 32 heavy (non-hydrogen) atoms. The second-order valence-corrected chi connectivity index (χ2v) is 9.96. The number of fused-ring (bicyclic) bond motifs is 1. The first kappa shape index (κ1) is 22.9. The maximum Gasteiger partial charge on any atom is 0.310 e. The topological polar surface area (TPSA) is 107 Å². The molecule has 3 unspecified atom stereocenters. The van der Waals surface area contributed by atoms with Gasteiger partial charge in [-0.05, 0) is 37.5 Å². The molecule has 2 amide bonds. The Labute approximate surface area is 195 Å². The minimum absolute atomic E-state index is 0.0739. The number of halogens is 1. The van der Waals surface area contributed by atoms with Crippen LogP contribution in [0.5, 0.6) is 0 Å². The molecule has 2 N–H and O–H groups in total. The minimum Gasteiger partial charge on any atom is -0.481 e. The van der Waals surface area contributed by atoms with Crippen molar-refractivity contribution in [1.82, 2.24) is 4.90 Å². The second kappa shape index (κ2) is 8.28. The zero-order valence-corrected chi connectivity index (χ0v) is 19.6. The highest BCUT2D eigenvalue weighted by atomic mass is 79.9. The Bertz CT molecular complexity index is 983. The number of aliphatic hydroxyl groups is 1. The van der Waals surface area contributed by atoms with E-state index in [0.29, 0.717) is 12.1 Å². The summed E-state index contributed by atoms with van der Waals surface area (Å²) in [5.74, 6) is -3.95. The first-order valence-electron chi connectivity index (χ1n) is 10.6. The molecule has 3 fully saturated rings. The Morgan fingerprint density at radius 3 is 2.75 bits per heavy atom. The van der Waals surface area contributed by atoms with Gasteiger partial charge < -0.3 is 24.7 Å². The van der Waals surface area contributed by atoms with Crippen LogP contribution in [0.15, 0.2) is 30.9 Å². The lowest BCUT2D eigenvalue weighted by molar-refractivity contribution is -0.149. The summed E-state index contributed by atoms with van der Waals surface area (Å²) in [6.45, 7) is 7.41. The predicted molar refractivity (Wildman–Crippen MR) is 121 cm³/mol. The summed E-state index contributed by atoms with van der Waals surface area (Å²) < 4.78 is 6.22. The first-order chi connectivity index (χ1) is 15.2. The van der Waals surface area contributed by atoms with E-state index in [1.807, 2.05) is 32.0 Å². The third kappa shape index (κ3) is 3.21. The standard InChI is InChI=1S/C23H27BrN2O6/c1-4-7-25(15-10-12(2)5-6-13(15)3)21(29)19-23-11-14(24)18(32-23)16(22(30)31)17(23)20(28)26(19)8-9-27/h4-6,10,14,16-19,27H,1,7-9,11H2,2-3H3,(H,30,31)/t14?,16-,17+,18-,19?,23?/m1/s1. The molecule has 0 aromatic heterocycles. The van der Waals surface area contributed by atoms with Crippen molar-refractivity contribution in [3.63, 3.8) is 0 Å². The predicted octanol–water partition coefficient (Wildman–Crippen LogP) is 1.65. The summed E-state index contributed by atoms with van der Waals surface area (Å²) in [4.78, 5) is 42.2. The number of carbonyl (C=O) groups is 3. The number of ether oxygens (including phenoxy) is 1. The van der Waals surface area contributed by atoms with Gasteiger partial charge in [0.1, 0.15) is 11.6 Å². The van der Waals surface area contributed by atoms with Gasteiger partial charge >= 0.3 is 5.97 Å². The maximum atomic E-state index is 14.1. The van der Waals surface area contributed by atoms with E-state index in [4.69, 9.17) is 4.74 Å². The summed E-state index contributed by atoms with van der Waals surface area (Å²) in [5.41, 5.74) is 1.30. The zero-order valence-electron chi connectivity index (χ0n) is 18.0. The number of carboxylic acids is 1. The normalized spacial score (nSPS) is 32.8. The van der Waals surface area contributed by atoms with Crippen LogP contribution in [0, 0.1) is 25.7 Å². The van der Waals surface area contributed by atoms with Gasteiger partial charge in [-0.1, -0.05) is 34.1 Å². The number of nitrogens with zero attached hydrogens (tertiary/aromatic N) is 2. The lowest BCUT2D eigenvalue weighted by Crippen LogP contribution is -2.57. The van der Waals surface area contributed by atoms with Gasteiger partial charge in [0, 0.05) is 23.6 Å². The maximum absolute atomic E-state index is 14.1. The van der Waals surface area contributed by atoms with E-state index < -0.39 is 41.5 Å². The van der Waals surface area contributed by atoms with Crippen molar-refractivity contribution in [2.75, 3.05) is 24.6 Å². The number of likely N-dealkylation sites (tertiary alicyclic amines) is 1. The first-order valence-corrected chi connectivity index (χ1v) is 11.5. The van der Waals surface area contributed by atoms with Crippen LogP contribution in [0.4, 0.5) is 5.69 Å². The highest BCUT2D eigenvalue weighted by Crippen LogP contribution is 2.60. The van der Waals surface area contributed by atoms with Gasteiger partial charge in [-0.3, -0.25) is 14.4 Å². The van der Waals surface area contributed by atoms with Gasteiger partial charge in [-0.25, -0.2) is 0 Å². The van der Waals surface area contributed by atoms with Gasteiger partial charge in [-0.15, -0.1) is 6.58 Å². The van der Waals surface area contributed by atoms with E-state index in [2.05, 4.69) is 22.5 Å². The lowest BCUT2D eigenvalue weighted by atomic mass is 9.70. The second-order valence-electron chi connectivity index (χ2n) is 8.78. The van der Waals surface area contributed by atoms with Crippen LogP contribution in [0.2, 0.25) is 0 Å². The molecule has 1 aromatic rings. The van der Waals surface area contributed by atoms with E-state index in [1.165, 1.54) is 4.90 Å². The third-order valence-electron chi connectivity index (χ3n) is 6.88. The van der Waals surface area contributed by atoms with Crippen molar-refractivity contribution in [3.05, 3.63) is 42.0 Å². The SMILES string of the molecule is C=CCN(C(=O)C1N(CCO)C(=O)[C@@H]2[C@@H](C(=O)O)[C@@H]3OC12CC3Br)c1cc(C)ccc1C. The van der Waals surface area contributed by atoms with Crippen LogP contribution in [0.25, 0.3) is 0 Å². The molecule has 6 atom stereocenters. The molecule has 3 saturated heterocycles. The van der Waals surface area contributed by atoms with Crippen molar-refractivity contribution < 1.29 is 29.3 Å². The smallest absolute Gasteiger partial charge is 0.310 e. The van der Waals surface area contributed by atoms with Crippen LogP contribution in [-0.2, 0) is 19.1 Å². The van der Waals surface area contributed by atoms with Gasteiger partial charge in [0.05, 0.1) is 24.5 Å². The highest BCUT2D eigenvalue weighted by molar-refractivity contribution is 9.09. The molecule has 0 saturated carbocycles. The van der Waals surface area contributed by atoms with E-state index in [9.17, 15) is 24.6 Å². The molecule has 3 aliphatic rings. The summed E-state index contributed by atoms with van der Waals surface area (Å²) in [7, 11) is 0. The fourth-order valence-electron chi connectivity index (χ4n) is 5.63. The number of alkyl halides is 1. The van der Waals surface area contributed by atoms with E-state index in [-0.39, 0.29) is 30.4 Å².